The summed E-state index contributed by atoms with van der Waals surface area (Å²) in [6, 6.07) is 22.5. The molecule has 0 radical (unpaired) electrons. The van der Waals surface area contributed by atoms with Gasteiger partial charge in [-0.15, -0.1) is 0 Å². The summed E-state index contributed by atoms with van der Waals surface area (Å²) in [5.74, 6) is 0. The van der Waals surface area contributed by atoms with Gasteiger partial charge in [-0.25, -0.2) is 0 Å². The molecule has 4 rings (SSSR count). The molecule has 0 unspecified atom stereocenters. The number of hydrogen-bond acceptors (Lipinski definition) is 3. The van der Waals surface area contributed by atoms with E-state index in [-0.39, 0.29) is 0 Å². The summed E-state index contributed by atoms with van der Waals surface area (Å²) in [5, 5.41) is 24.2. The molecule has 1 aliphatic rings. The van der Waals surface area contributed by atoms with E-state index < -0.39 is 11.7 Å². The van der Waals surface area contributed by atoms with E-state index in [4.69, 9.17) is 0 Å². The van der Waals surface area contributed by atoms with Crippen molar-refractivity contribution in [3.05, 3.63) is 83.4 Å². The van der Waals surface area contributed by atoms with Crippen LogP contribution < -0.4 is 0 Å². The Morgan fingerprint density at radius 2 is 1.59 bits per heavy atom. The first-order chi connectivity index (χ1) is 13.0. The second-order valence-electron chi connectivity index (χ2n) is 7.77. The average Bonchev–Trinajstić information content (AvgIpc) is 2.69. The van der Waals surface area contributed by atoms with Crippen molar-refractivity contribution >= 4 is 10.8 Å². The molecular formula is C24H27NO2. The Kier molecular flexibility index (Phi) is 5.00. The van der Waals surface area contributed by atoms with Crippen LogP contribution in [-0.4, -0.2) is 34.7 Å². The quantitative estimate of drug-likeness (QED) is 0.733. The van der Waals surface area contributed by atoms with E-state index in [0.29, 0.717) is 19.4 Å². The van der Waals surface area contributed by atoms with Gasteiger partial charge in [0.15, 0.2) is 0 Å². The van der Waals surface area contributed by atoms with Gasteiger partial charge in [-0.05, 0) is 53.3 Å². The molecule has 0 bridgehead atoms. The minimum atomic E-state index is -0.754. The van der Waals surface area contributed by atoms with Crippen LogP contribution in [0.1, 0.15) is 35.6 Å². The first-order valence-electron chi connectivity index (χ1n) is 9.73. The van der Waals surface area contributed by atoms with Crippen molar-refractivity contribution in [2.45, 2.75) is 31.5 Å². The highest BCUT2D eigenvalue weighted by atomic mass is 16.3. The molecule has 27 heavy (non-hydrogen) atoms. The summed E-state index contributed by atoms with van der Waals surface area (Å²) in [5.41, 5.74) is 2.38. The summed E-state index contributed by atoms with van der Waals surface area (Å²) in [6.07, 6.45) is 0.879. The van der Waals surface area contributed by atoms with E-state index in [9.17, 15) is 10.2 Å². The zero-order chi connectivity index (χ0) is 18.9. The minimum absolute atomic E-state index is 0.515. The van der Waals surface area contributed by atoms with Gasteiger partial charge in [-0.2, -0.15) is 0 Å². The maximum absolute atomic E-state index is 11.1. The van der Waals surface area contributed by atoms with Gasteiger partial charge in [0.05, 0.1) is 11.7 Å². The number of aryl methyl sites for hydroxylation is 1. The zero-order valence-electron chi connectivity index (χ0n) is 15.8. The summed E-state index contributed by atoms with van der Waals surface area (Å²) < 4.78 is 0. The van der Waals surface area contributed by atoms with Crippen molar-refractivity contribution in [2.75, 3.05) is 19.6 Å². The molecule has 1 fully saturated rings. The van der Waals surface area contributed by atoms with Gasteiger partial charge in [0.2, 0.25) is 0 Å². The van der Waals surface area contributed by atoms with Gasteiger partial charge >= 0.3 is 0 Å². The largest absolute Gasteiger partial charge is 0.387 e. The third-order valence-electron chi connectivity index (χ3n) is 5.92. The topological polar surface area (TPSA) is 43.7 Å². The number of nitrogens with zero attached hydrogens (tertiary/aromatic N) is 1. The Hall–Kier alpha value is -2.20. The van der Waals surface area contributed by atoms with Crippen LogP contribution in [0.4, 0.5) is 0 Å². The van der Waals surface area contributed by atoms with Crippen molar-refractivity contribution in [3.8, 4) is 0 Å². The van der Waals surface area contributed by atoms with E-state index >= 15 is 0 Å². The van der Waals surface area contributed by atoms with Crippen molar-refractivity contribution in [1.29, 1.82) is 0 Å². The Bertz CT molecular complexity index is 928. The van der Waals surface area contributed by atoms with Crippen LogP contribution in [0, 0.1) is 6.92 Å². The monoisotopic (exact) mass is 361 g/mol. The lowest BCUT2D eigenvalue weighted by atomic mass is 9.82. The van der Waals surface area contributed by atoms with Crippen molar-refractivity contribution in [2.24, 2.45) is 0 Å². The molecule has 3 aromatic carbocycles. The van der Waals surface area contributed by atoms with Gasteiger partial charge in [0.1, 0.15) is 0 Å². The number of piperidine rings is 1. The van der Waals surface area contributed by atoms with Crippen LogP contribution in [-0.2, 0) is 5.60 Å². The fourth-order valence-corrected chi connectivity index (χ4v) is 4.23. The van der Waals surface area contributed by atoms with E-state index in [1.54, 1.807) is 0 Å². The first kappa shape index (κ1) is 18.2. The van der Waals surface area contributed by atoms with Crippen LogP contribution in [0.5, 0.6) is 0 Å². The van der Waals surface area contributed by atoms with Crippen LogP contribution in [0.2, 0.25) is 0 Å². The average molecular weight is 361 g/mol. The zero-order valence-corrected chi connectivity index (χ0v) is 15.8. The molecule has 0 aromatic heterocycles. The lowest BCUT2D eigenvalue weighted by Gasteiger charge is -2.39. The van der Waals surface area contributed by atoms with Gasteiger partial charge in [0, 0.05) is 19.6 Å². The highest BCUT2D eigenvalue weighted by Crippen LogP contribution is 2.35. The highest BCUT2D eigenvalue weighted by molar-refractivity contribution is 5.83. The molecule has 3 heteroatoms. The summed E-state index contributed by atoms with van der Waals surface area (Å²) in [6.45, 7) is 4.23. The van der Waals surface area contributed by atoms with Gasteiger partial charge in [-0.1, -0.05) is 60.7 Å². The molecule has 2 N–H and O–H groups in total. The van der Waals surface area contributed by atoms with Crippen molar-refractivity contribution in [1.82, 2.24) is 4.90 Å². The molecule has 1 saturated heterocycles. The van der Waals surface area contributed by atoms with Crippen LogP contribution in [0.3, 0.4) is 0 Å². The van der Waals surface area contributed by atoms with Gasteiger partial charge < -0.3 is 15.1 Å². The highest BCUT2D eigenvalue weighted by Gasteiger charge is 2.35. The third kappa shape index (κ3) is 3.77. The normalized spacial score (nSPS) is 18.5. The molecule has 1 heterocycles. The van der Waals surface area contributed by atoms with E-state index in [1.165, 1.54) is 5.39 Å². The molecule has 0 amide bonds. The summed E-state index contributed by atoms with van der Waals surface area (Å²) >= 11 is 0. The van der Waals surface area contributed by atoms with E-state index in [2.05, 4.69) is 42.2 Å². The molecule has 1 aliphatic heterocycles. The third-order valence-corrected chi connectivity index (χ3v) is 5.92. The first-order valence-corrected chi connectivity index (χ1v) is 9.73. The molecule has 3 aromatic rings. The predicted octanol–water partition coefficient (Wildman–Crippen LogP) is 4.17. The SMILES string of the molecule is Cc1ccccc1C1(O)CCN(C[C@@H](O)c2ccc3ccccc3c2)CC1. The molecule has 0 aliphatic carbocycles. The molecule has 0 spiro atoms. The van der Waals surface area contributed by atoms with Crippen LogP contribution in [0.15, 0.2) is 66.7 Å². The summed E-state index contributed by atoms with van der Waals surface area (Å²) in [7, 11) is 0. The number of aliphatic hydroxyl groups excluding tert-OH is 1. The fraction of sp³-hybridized carbons (Fsp3) is 0.333. The maximum atomic E-state index is 11.1. The van der Waals surface area contributed by atoms with Gasteiger partial charge in [0.25, 0.3) is 0 Å². The molecular weight excluding hydrogens is 334 g/mol. The van der Waals surface area contributed by atoms with Crippen LogP contribution in [0.25, 0.3) is 10.8 Å². The number of aliphatic hydroxyl groups is 2. The smallest absolute Gasteiger partial charge is 0.0923 e. The Labute approximate surface area is 160 Å². The predicted molar refractivity (Wildman–Crippen MR) is 110 cm³/mol. The Morgan fingerprint density at radius 3 is 2.33 bits per heavy atom. The van der Waals surface area contributed by atoms with E-state index in [1.807, 2.05) is 36.4 Å². The van der Waals surface area contributed by atoms with Crippen molar-refractivity contribution < 1.29 is 10.2 Å². The standard InChI is InChI=1S/C24H27NO2/c1-18-6-2-5-9-22(18)24(27)12-14-25(15-13-24)17-23(26)21-11-10-19-7-3-4-8-20(19)16-21/h2-11,16,23,26-27H,12-15,17H2,1H3/t23-/m1/s1. The Morgan fingerprint density at radius 1 is 0.926 bits per heavy atom. The molecule has 140 valence electrons. The second kappa shape index (κ2) is 7.43. The lowest BCUT2D eigenvalue weighted by Crippen LogP contribution is -2.44. The number of β-amino-alcohol motifs (C(OH)–C–C–N with tert-alkyl or cyclic N) is 1. The molecule has 3 nitrogen and oxygen atoms in total. The molecule has 1 atom stereocenters. The lowest BCUT2D eigenvalue weighted by molar-refractivity contribution is -0.0348. The minimum Gasteiger partial charge on any atom is -0.387 e. The maximum Gasteiger partial charge on any atom is 0.0923 e. The number of fused-ring (bicyclic) bond motifs is 1. The Balaban J connectivity index is 1.41. The summed E-state index contributed by atoms with van der Waals surface area (Å²) in [4.78, 5) is 2.26. The van der Waals surface area contributed by atoms with Crippen LogP contribution >= 0.6 is 0 Å². The number of benzene rings is 3. The number of likely N-dealkylation sites (tertiary alicyclic amines) is 1. The second-order valence-corrected chi connectivity index (χ2v) is 7.77. The molecule has 0 saturated carbocycles. The number of hydrogen-bond donors (Lipinski definition) is 2. The van der Waals surface area contributed by atoms with Gasteiger partial charge in [-0.3, -0.25) is 0 Å². The fourth-order valence-electron chi connectivity index (χ4n) is 4.23. The number of rotatable bonds is 4. The van der Waals surface area contributed by atoms with E-state index in [0.717, 1.165) is 35.2 Å². The van der Waals surface area contributed by atoms with Crippen molar-refractivity contribution in [3.63, 3.8) is 0 Å².